The summed E-state index contributed by atoms with van der Waals surface area (Å²) < 4.78 is 1.75. The summed E-state index contributed by atoms with van der Waals surface area (Å²) in [5, 5.41) is 7.03. The van der Waals surface area contributed by atoms with Gasteiger partial charge in [0.05, 0.1) is 5.69 Å². The Bertz CT molecular complexity index is 706. The Balaban J connectivity index is 1.65. The van der Waals surface area contributed by atoms with Crippen LogP contribution in [0.4, 0.5) is 0 Å². The minimum absolute atomic E-state index is 0.0983. The van der Waals surface area contributed by atoms with Gasteiger partial charge in [-0.15, -0.1) is 0 Å². The zero-order valence-electron chi connectivity index (χ0n) is 11.3. The van der Waals surface area contributed by atoms with Gasteiger partial charge in [-0.3, -0.25) is 9.78 Å². The highest BCUT2D eigenvalue weighted by molar-refractivity contribution is 5.94. The Labute approximate surface area is 122 Å². The monoisotopic (exact) mass is 278 g/mol. The molecule has 104 valence electrons. The zero-order valence-corrected chi connectivity index (χ0v) is 11.3. The van der Waals surface area contributed by atoms with Crippen molar-refractivity contribution in [1.82, 2.24) is 20.1 Å². The number of carbonyl (C=O) groups excluding carboxylic acids is 1. The quantitative estimate of drug-likeness (QED) is 0.796. The van der Waals surface area contributed by atoms with Gasteiger partial charge in [0.1, 0.15) is 0 Å². The molecular formula is C16H14N4O. The number of hydrogen-bond acceptors (Lipinski definition) is 3. The molecule has 3 aromatic rings. The smallest absolute Gasteiger partial charge is 0.251 e. The van der Waals surface area contributed by atoms with Crippen LogP contribution in [0.2, 0.25) is 0 Å². The van der Waals surface area contributed by atoms with Crippen LogP contribution in [0.1, 0.15) is 15.9 Å². The number of benzene rings is 1. The van der Waals surface area contributed by atoms with Crippen LogP contribution < -0.4 is 5.32 Å². The van der Waals surface area contributed by atoms with Crippen molar-refractivity contribution in [3.8, 4) is 5.69 Å². The molecule has 0 aliphatic carbocycles. The van der Waals surface area contributed by atoms with E-state index in [2.05, 4.69) is 15.4 Å². The highest BCUT2D eigenvalue weighted by Gasteiger charge is 2.05. The van der Waals surface area contributed by atoms with Crippen molar-refractivity contribution in [3.05, 3.63) is 78.4 Å². The maximum absolute atomic E-state index is 12.1. The fourth-order valence-electron chi connectivity index (χ4n) is 1.97. The predicted octanol–water partition coefficient (Wildman–Crippen LogP) is 2.20. The van der Waals surface area contributed by atoms with Crippen LogP contribution >= 0.6 is 0 Å². The van der Waals surface area contributed by atoms with Gasteiger partial charge in [0, 0.05) is 36.9 Å². The maximum atomic E-state index is 12.1. The Kier molecular flexibility index (Phi) is 3.73. The standard InChI is InChI=1S/C16H14N4O/c21-16(18-12-13-6-9-17-10-7-13)14-2-4-15(5-3-14)20-11-1-8-19-20/h1-11H,12H2,(H,18,21). The summed E-state index contributed by atoms with van der Waals surface area (Å²) in [6.45, 7) is 0.488. The maximum Gasteiger partial charge on any atom is 0.251 e. The molecule has 0 aliphatic rings. The third kappa shape index (κ3) is 3.14. The third-order valence-electron chi connectivity index (χ3n) is 3.10. The molecule has 3 rings (SSSR count). The minimum atomic E-state index is -0.0983. The van der Waals surface area contributed by atoms with E-state index in [1.807, 2.05) is 36.5 Å². The van der Waals surface area contributed by atoms with E-state index >= 15 is 0 Å². The van der Waals surface area contributed by atoms with Crippen LogP contribution in [0, 0.1) is 0 Å². The van der Waals surface area contributed by atoms with Crippen molar-refractivity contribution < 1.29 is 4.79 Å². The lowest BCUT2D eigenvalue weighted by Gasteiger charge is -2.06. The van der Waals surface area contributed by atoms with Crippen molar-refractivity contribution in [2.45, 2.75) is 6.54 Å². The molecule has 0 atom stereocenters. The van der Waals surface area contributed by atoms with E-state index in [0.717, 1.165) is 11.3 Å². The molecule has 0 fully saturated rings. The van der Waals surface area contributed by atoms with Gasteiger partial charge in [-0.1, -0.05) is 0 Å². The lowest BCUT2D eigenvalue weighted by atomic mass is 10.2. The Hall–Kier alpha value is -2.95. The number of hydrogen-bond donors (Lipinski definition) is 1. The third-order valence-corrected chi connectivity index (χ3v) is 3.10. The molecule has 1 amide bonds. The van der Waals surface area contributed by atoms with Gasteiger partial charge in [-0.25, -0.2) is 4.68 Å². The zero-order chi connectivity index (χ0) is 14.5. The number of nitrogens with one attached hydrogen (secondary N) is 1. The molecule has 2 aromatic heterocycles. The molecule has 0 saturated carbocycles. The van der Waals surface area contributed by atoms with E-state index < -0.39 is 0 Å². The second-order valence-corrected chi connectivity index (χ2v) is 4.54. The second kappa shape index (κ2) is 6.00. The lowest BCUT2D eigenvalue weighted by molar-refractivity contribution is 0.0951. The number of pyridine rings is 1. The van der Waals surface area contributed by atoms with Crippen LogP contribution in [0.5, 0.6) is 0 Å². The van der Waals surface area contributed by atoms with Gasteiger partial charge < -0.3 is 5.32 Å². The summed E-state index contributed by atoms with van der Waals surface area (Å²) in [6.07, 6.45) is 6.99. The molecule has 0 bridgehead atoms. The van der Waals surface area contributed by atoms with E-state index in [-0.39, 0.29) is 5.91 Å². The van der Waals surface area contributed by atoms with E-state index in [1.165, 1.54) is 0 Å². The number of rotatable bonds is 4. The number of nitrogens with zero attached hydrogens (tertiary/aromatic N) is 3. The first-order valence-electron chi connectivity index (χ1n) is 6.60. The molecule has 0 unspecified atom stereocenters. The summed E-state index contributed by atoms with van der Waals surface area (Å²) in [4.78, 5) is 16.0. The average molecular weight is 278 g/mol. The normalized spacial score (nSPS) is 10.3. The van der Waals surface area contributed by atoms with Crippen LogP contribution in [0.25, 0.3) is 5.69 Å². The molecule has 0 aliphatic heterocycles. The first-order valence-corrected chi connectivity index (χ1v) is 6.60. The summed E-state index contributed by atoms with van der Waals surface area (Å²) in [5.74, 6) is -0.0983. The number of aromatic nitrogens is 3. The summed E-state index contributed by atoms with van der Waals surface area (Å²) in [5.41, 5.74) is 2.57. The minimum Gasteiger partial charge on any atom is -0.348 e. The van der Waals surface area contributed by atoms with Gasteiger partial charge in [-0.2, -0.15) is 5.10 Å². The van der Waals surface area contributed by atoms with Gasteiger partial charge in [0.2, 0.25) is 0 Å². The van der Waals surface area contributed by atoms with E-state index in [0.29, 0.717) is 12.1 Å². The molecule has 5 nitrogen and oxygen atoms in total. The molecular weight excluding hydrogens is 264 g/mol. The summed E-state index contributed by atoms with van der Waals surface area (Å²) in [7, 11) is 0. The molecule has 0 radical (unpaired) electrons. The predicted molar refractivity (Wildman–Crippen MR) is 79.0 cm³/mol. The van der Waals surface area contributed by atoms with Crippen molar-refractivity contribution in [2.75, 3.05) is 0 Å². The molecule has 1 aromatic carbocycles. The average Bonchev–Trinajstić information content (AvgIpc) is 3.08. The fourth-order valence-corrected chi connectivity index (χ4v) is 1.97. The Morgan fingerprint density at radius 1 is 1.05 bits per heavy atom. The molecule has 21 heavy (non-hydrogen) atoms. The topological polar surface area (TPSA) is 59.8 Å². The van der Waals surface area contributed by atoms with Gasteiger partial charge in [-0.05, 0) is 48.0 Å². The molecule has 0 spiro atoms. The van der Waals surface area contributed by atoms with Gasteiger partial charge in [0.25, 0.3) is 5.91 Å². The highest BCUT2D eigenvalue weighted by atomic mass is 16.1. The van der Waals surface area contributed by atoms with Gasteiger partial charge >= 0.3 is 0 Å². The Morgan fingerprint density at radius 3 is 2.48 bits per heavy atom. The largest absolute Gasteiger partial charge is 0.348 e. The SMILES string of the molecule is O=C(NCc1ccncc1)c1ccc(-n2cccn2)cc1. The van der Waals surface area contributed by atoms with E-state index in [9.17, 15) is 4.79 Å². The molecule has 0 saturated heterocycles. The highest BCUT2D eigenvalue weighted by Crippen LogP contribution is 2.08. The molecule has 5 heteroatoms. The fraction of sp³-hybridized carbons (Fsp3) is 0.0625. The number of carbonyl (C=O) groups is 1. The first-order chi connectivity index (χ1) is 10.3. The van der Waals surface area contributed by atoms with Crippen molar-refractivity contribution in [3.63, 3.8) is 0 Å². The van der Waals surface area contributed by atoms with Crippen LogP contribution in [0.15, 0.2) is 67.3 Å². The molecule has 1 N–H and O–H groups in total. The van der Waals surface area contributed by atoms with E-state index in [4.69, 9.17) is 0 Å². The number of amides is 1. The summed E-state index contributed by atoms with van der Waals surface area (Å²) in [6, 6.07) is 12.9. The van der Waals surface area contributed by atoms with E-state index in [1.54, 1.807) is 35.4 Å². The second-order valence-electron chi connectivity index (χ2n) is 4.54. The Morgan fingerprint density at radius 2 is 1.81 bits per heavy atom. The van der Waals surface area contributed by atoms with Crippen molar-refractivity contribution in [2.24, 2.45) is 0 Å². The van der Waals surface area contributed by atoms with Crippen LogP contribution in [0.3, 0.4) is 0 Å². The van der Waals surface area contributed by atoms with Crippen molar-refractivity contribution >= 4 is 5.91 Å². The molecule has 2 heterocycles. The van der Waals surface area contributed by atoms with Gasteiger partial charge in [0.15, 0.2) is 0 Å². The first kappa shape index (κ1) is 13.1. The summed E-state index contributed by atoms with van der Waals surface area (Å²) >= 11 is 0. The van der Waals surface area contributed by atoms with Crippen molar-refractivity contribution in [1.29, 1.82) is 0 Å². The van der Waals surface area contributed by atoms with Crippen LogP contribution in [-0.2, 0) is 6.54 Å². The van der Waals surface area contributed by atoms with Crippen LogP contribution in [-0.4, -0.2) is 20.7 Å². The lowest BCUT2D eigenvalue weighted by Crippen LogP contribution is -2.22.